The van der Waals surface area contributed by atoms with Gasteiger partial charge in [0.25, 0.3) is 6.47 Å². The molecule has 0 radical (unpaired) electrons. The van der Waals surface area contributed by atoms with Crippen LogP contribution in [0.15, 0.2) is 0 Å². The molecule has 3 heteroatoms. The van der Waals surface area contributed by atoms with Gasteiger partial charge in [0.1, 0.15) is 0 Å². The molecular formula is C5H13NO2. The van der Waals surface area contributed by atoms with Gasteiger partial charge < -0.3 is 10.4 Å². The minimum Gasteiger partial charge on any atom is -0.483 e. The van der Waals surface area contributed by atoms with E-state index in [0.717, 1.165) is 13.1 Å². The molecule has 0 bridgehead atoms. The Hall–Kier alpha value is -0.570. The fourth-order valence-electron chi connectivity index (χ4n) is 0.250. The predicted molar refractivity (Wildman–Crippen MR) is 32.9 cm³/mol. The third-order valence-corrected chi connectivity index (χ3v) is 0.500. The number of hydrogen-bond donors (Lipinski definition) is 2. The van der Waals surface area contributed by atoms with Gasteiger partial charge in [-0.1, -0.05) is 13.8 Å². The lowest BCUT2D eigenvalue weighted by atomic mass is 10.7. The van der Waals surface area contributed by atoms with Gasteiger partial charge in [0.15, 0.2) is 0 Å². The molecule has 0 atom stereocenters. The summed E-state index contributed by atoms with van der Waals surface area (Å²) in [5.41, 5.74) is 0. The summed E-state index contributed by atoms with van der Waals surface area (Å²) in [4.78, 5) is 8.36. The van der Waals surface area contributed by atoms with Gasteiger partial charge in [-0.3, -0.25) is 4.79 Å². The van der Waals surface area contributed by atoms with Gasteiger partial charge in [0, 0.05) is 0 Å². The minimum absolute atomic E-state index is 0.250. The maximum Gasteiger partial charge on any atom is 0.290 e. The molecule has 0 aromatic rings. The van der Waals surface area contributed by atoms with E-state index in [-0.39, 0.29) is 6.47 Å². The molecule has 0 amide bonds. The summed E-state index contributed by atoms with van der Waals surface area (Å²) in [5.74, 6) is 0. The van der Waals surface area contributed by atoms with Crippen LogP contribution < -0.4 is 5.32 Å². The molecule has 0 aromatic carbocycles. The van der Waals surface area contributed by atoms with Crippen LogP contribution >= 0.6 is 0 Å². The van der Waals surface area contributed by atoms with Crippen molar-refractivity contribution in [3.8, 4) is 0 Å². The van der Waals surface area contributed by atoms with Crippen LogP contribution in [0, 0.1) is 0 Å². The van der Waals surface area contributed by atoms with Crippen molar-refractivity contribution in [2.24, 2.45) is 0 Å². The summed E-state index contributed by atoms with van der Waals surface area (Å²) >= 11 is 0. The van der Waals surface area contributed by atoms with Crippen molar-refractivity contribution < 1.29 is 9.90 Å². The van der Waals surface area contributed by atoms with Gasteiger partial charge in [-0.2, -0.15) is 0 Å². The van der Waals surface area contributed by atoms with Gasteiger partial charge in [-0.25, -0.2) is 0 Å². The van der Waals surface area contributed by atoms with Gasteiger partial charge >= 0.3 is 0 Å². The van der Waals surface area contributed by atoms with Crippen molar-refractivity contribution in [3.63, 3.8) is 0 Å². The molecule has 0 heterocycles. The third kappa shape index (κ3) is 52.1. The highest BCUT2D eigenvalue weighted by Gasteiger charge is 1.62. The van der Waals surface area contributed by atoms with Crippen LogP contribution in [0.1, 0.15) is 13.8 Å². The first-order chi connectivity index (χ1) is 3.83. The SMILES string of the molecule is CCNCC.O=CO. The van der Waals surface area contributed by atoms with Crippen molar-refractivity contribution in [1.82, 2.24) is 5.32 Å². The Morgan fingerprint density at radius 3 is 1.75 bits per heavy atom. The van der Waals surface area contributed by atoms with Gasteiger partial charge in [-0.05, 0) is 13.1 Å². The van der Waals surface area contributed by atoms with Crippen molar-refractivity contribution in [1.29, 1.82) is 0 Å². The zero-order valence-electron chi connectivity index (χ0n) is 5.35. The summed E-state index contributed by atoms with van der Waals surface area (Å²) in [6.07, 6.45) is 0. The molecule has 50 valence electrons. The van der Waals surface area contributed by atoms with E-state index in [9.17, 15) is 0 Å². The Kier molecular flexibility index (Phi) is 21.0. The summed E-state index contributed by atoms with van der Waals surface area (Å²) in [5, 5.41) is 10.0. The molecule has 8 heavy (non-hydrogen) atoms. The monoisotopic (exact) mass is 119 g/mol. The fourth-order valence-corrected chi connectivity index (χ4v) is 0.250. The van der Waals surface area contributed by atoms with Crippen LogP contribution in [-0.4, -0.2) is 24.7 Å². The van der Waals surface area contributed by atoms with Crippen LogP contribution in [0.3, 0.4) is 0 Å². The zero-order chi connectivity index (χ0) is 6.83. The van der Waals surface area contributed by atoms with E-state index in [0.29, 0.717) is 0 Å². The quantitative estimate of drug-likeness (QED) is 0.514. The Labute approximate surface area is 49.7 Å². The second kappa shape index (κ2) is 16.1. The molecule has 0 saturated carbocycles. The summed E-state index contributed by atoms with van der Waals surface area (Å²) < 4.78 is 0. The predicted octanol–water partition coefficient (Wildman–Crippen LogP) is 0.317. The summed E-state index contributed by atoms with van der Waals surface area (Å²) in [6.45, 7) is 6.14. The zero-order valence-corrected chi connectivity index (χ0v) is 5.35. The van der Waals surface area contributed by atoms with Crippen LogP contribution in [0.5, 0.6) is 0 Å². The Bertz CT molecular complexity index is 37.4. The Morgan fingerprint density at radius 1 is 1.50 bits per heavy atom. The molecule has 0 rings (SSSR count). The van der Waals surface area contributed by atoms with E-state index < -0.39 is 0 Å². The highest BCUT2D eigenvalue weighted by Crippen LogP contribution is 1.47. The van der Waals surface area contributed by atoms with E-state index in [1.54, 1.807) is 0 Å². The van der Waals surface area contributed by atoms with E-state index in [4.69, 9.17) is 9.90 Å². The smallest absolute Gasteiger partial charge is 0.290 e. The fraction of sp³-hybridized carbons (Fsp3) is 0.800. The first kappa shape index (κ1) is 10.4. The van der Waals surface area contributed by atoms with Crippen molar-refractivity contribution in [2.45, 2.75) is 13.8 Å². The maximum absolute atomic E-state index is 8.36. The first-order valence-electron chi connectivity index (χ1n) is 2.62. The van der Waals surface area contributed by atoms with E-state index in [1.165, 1.54) is 0 Å². The van der Waals surface area contributed by atoms with Crippen LogP contribution in [-0.2, 0) is 4.79 Å². The number of hydrogen-bond acceptors (Lipinski definition) is 2. The normalized spacial score (nSPS) is 6.75. The lowest BCUT2D eigenvalue weighted by Crippen LogP contribution is -2.09. The van der Waals surface area contributed by atoms with Crippen LogP contribution in [0.4, 0.5) is 0 Å². The average molecular weight is 119 g/mol. The van der Waals surface area contributed by atoms with Crippen molar-refractivity contribution in [2.75, 3.05) is 13.1 Å². The summed E-state index contributed by atoms with van der Waals surface area (Å²) in [6, 6.07) is 0. The molecule has 0 unspecified atom stereocenters. The van der Waals surface area contributed by atoms with E-state index >= 15 is 0 Å². The second-order valence-electron chi connectivity index (χ2n) is 1.06. The number of carboxylic acid groups (broad SMARTS) is 1. The number of nitrogens with one attached hydrogen (secondary N) is 1. The topological polar surface area (TPSA) is 49.3 Å². The molecule has 0 saturated heterocycles. The molecule has 0 aliphatic rings. The standard InChI is InChI=1S/C4H11N.CH2O2/c1-3-5-4-2;2-1-3/h5H,3-4H2,1-2H3;1H,(H,2,3). The largest absolute Gasteiger partial charge is 0.483 e. The van der Waals surface area contributed by atoms with Crippen LogP contribution in [0.2, 0.25) is 0 Å². The number of carbonyl (C=O) groups is 1. The van der Waals surface area contributed by atoms with E-state index in [1.807, 2.05) is 0 Å². The lowest BCUT2D eigenvalue weighted by molar-refractivity contribution is -0.122. The maximum atomic E-state index is 8.36. The van der Waals surface area contributed by atoms with Gasteiger partial charge in [-0.15, -0.1) is 0 Å². The van der Waals surface area contributed by atoms with Crippen LogP contribution in [0.25, 0.3) is 0 Å². The van der Waals surface area contributed by atoms with Gasteiger partial charge in [0.2, 0.25) is 0 Å². The molecule has 0 aliphatic heterocycles. The number of rotatable bonds is 2. The van der Waals surface area contributed by atoms with Crippen molar-refractivity contribution >= 4 is 6.47 Å². The highest BCUT2D eigenvalue weighted by molar-refractivity contribution is 5.32. The molecule has 2 N–H and O–H groups in total. The van der Waals surface area contributed by atoms with Crippen molar-refractivity contribution in [3.05, 3.63) is 0 Å². The average Bonchev–Trinajstić information content (AvgIpc) is 1.71. The molecule has 0 fully saturated rings. The molecule has 0 aliphatic carbocycles. The van der Waals surface area contributed by atoms with E-state index in [2.05, 4.69) is 19.2 Å². The second-order valence-corrected chi connectivity index (χ2v) is 1.06. The molecular weight excluding hydrogens is 106 g/mol. The first-order valence-corrected chi connectivity index (χ1v) is 2.62. The lowest BCUT2D eigenvalue weighted by Gasteiger charge is -1.86. The summed E-state index contributed by atoms with van der Waals surface area (Å²) in [7, 11) is 0. The third-order valence-electron chi connectivity index (χ3n) is 0.500. The molecule has 3 nitrogen and oxygen atoms in total. The molecule has 0 aromatic heterocycles. The van der Waals surface area contributed by atoms with Gasteiger partial charge in [0.05, 0.1) is 0 Å². The minimum atomic E-state index is -0.250. The highest BCUT2D eigenvalue weighted by atomic mass is 16.3. The molecule has 0 spiro atoms. The Morgan fingerprint density at radius 2 is 1.75 bits per heavy atom. The Balaban J connectivity index is 0.